The number of halogens is 1. The molecule has 0 bridgehead atoms. The molecule has 11 nitrogen and oxygen atoms in total. The van der Waals surface area contributed by atoms with E-state index in [-0.39, 0.29) is 43.7 Å². The molecule has 2 amide bonds. The highest BCUT2D eigenvalue weighted by atomic mass is 35.5. The van der Waals surface area contributed by atoms with Gasteiger partial charge in [0.15, 0.2) is 0 Å². The Morgan fingerprint density at radius 3 is 2.32 bits per heavy atom. The Kier molecular flexibility index (Phi) is 9.47. The zero-order valence-electron chi connectivity index (χ0n) is 23.8. The van der Waals surface area contributed by atoms with Crippen molar-refractivity contribution in [1.82, 2.24) is 19.2 Å². The highest BCUT2D eigenvalue weighted by Gasteiger charge is 2.39. The molecule has 0 saturated carbocycles. The van der Waals surface area contributed by atoms with Crippen LogP contribution in [0.5, 0.6) is 0 Å². The van der Waals surface area contributed by atoms with Crippen molar-refractivity contribution in [3.63, 3.8) is 0 Å². The molecule has 0 spiro atoms. The number of fused-ring (bicyclic) bond motifs is 1. The van der Waals surface area contributed by atoms with E-state index in [0.29, 0.717) is 31.0 Å². The van der Waals surface area contributed by atoms with Gasteiger partial charge in [-0.05, 0) is 75.6 Å². The molecule has 2 aromatic rings. The second kappa shape index (κ2) is 12.5. The lowest BCUT2D eigenvalue weighted by Gasteiger charge is -2.45. The van der Waals surface area contributed by atoms with E-state index in [9.17, 15) is 22.8 Å². The molecule has 2 aliphatic rings. The second-order valence-electron chi connectivity index (χ2n) is 11.1. The number of nitrogens with zero attached hydrogens (tertiary/aromatic N) is 4. The molecule has 2 aromatic carbocycles. The van der Waals surface area contributed by atoms with Gasteiger partial charge in [-0.15, -0.1) is 0 Å². The summed E-state index contributed by atoms with van der Waals surface area (Å²) in [7, 11) is -3.95. The molecule has 2 saturated heterocycles. The number of rotatable bonds is 7. The summed E-state index contributed by atoms with van der Waals surface area (Å²) in [5, 5.41) is 5.22. The normalized spacial score (nSPS) is 17.8. The Morgan fingerprint density at radius 1 is 1.02 bits per heavy atom. The predicted octanol–water partition coefficient (Wildman–Crippen LogP) is 3.51. The van der Waals surface area contributed by atoms with E-state index in [2.05, 4.69) is 0 Å². The maximum absolute atomic E-state index is 13.5. The van der Waals surface area contributed by atoms with Gasteiger partial charge in [0.05, 0.1) is 24.6 Å². The average molecular weight is 609 g/mol. The fourth-order valence-electron chi connectivity index (χ4n) is 5.05. The summed E-state index contributed by atoms with van der Waals surface area (Å²) in [4.78, 5) is 40.2. The molecule has 2 fully saturated rings. The van der Waals surface area contributed by atoms with Gasteiger partial charge in [-0.2, -0.15) is 4.31 Å². The van der Waals surface area contributed by atoms with Crippen LogP contribution in [-0.4, -0.2) is 103 Å². The number of carbonyl (C=O) groups is 3. The van der Waals surface area contributed by atoms with Crippen LogP contribution in [0.3, 0.4) is 0 Å². The molecule has 41 heavy (non-hydrogen) atoms. The third-order valence-corrected chi connectivity index (χ3v) is 9.09. The Balaban J connectivity index is 1.47. The summed E-state index contributed by atoms with van der Waals surface area (Å²) in [6.07, 6.45) is 0.608. The number of esters is 1. The molecule has 0 aromatic heterocycles. The molecule has 4 rings (SSSR count). The molecular weight excluding hydrogens is 572 g/mol. The van der Waals surface area contributed by atoms with Crippen LogP contribution in [-0.2, 0) is 29.1 Å². The Hall–Kier alpha value is -2.93. The van der Waals surface area contributed by atoms with E-state index in [4.69, 9.17) is 21.1 Å². The van der Waals surface area contributed by atoms with Crippen molar-refractivity contribution in [2.45, 2.75) is 57.1 Å². The molecule has 0 unspecified atom stereocenters. The molecular formula is C28H37ClN4O7S. The lowest BCUT2D eigenvalue weighted by molar-refractivity contribution is -0.169. The van der Waals surface area contributed by atoms with Crippen molar-refractivity contribution >= 4 is 50.4 Å². The predicted molar refractivity (Wildman–Crippen MR) is 154 cm³/mol. The molecule has 2 aliphatic heterocycles. The molecule has 0 aliphatic carbocycles. The summed E-state index contributed by atoms with van der Waals surface area (Å²) in [5.74, 6) is -0.924. The van der Waals surface area contributed by atoms with Crippen LogP contribution in [0.4, 0.5) is 4.79 Å². The monoisotopic (exact) mass is 608 g/mol. The van der Waals surface area contributed by atoms with E-state index in [1.807, 2.05) is 0 Å². The summed E-state index contributed by atoms with van der Waals surface area (Å²) >= 11 is 6.05. The van der Waals surface area contributed by atoms with Crippen LogP contribution in [0.25, 0.3) is 10.8 Å². The summed E-state index contributed by atoms with van der Waals surface area (Å²) in [6.45, 7) is 7.73. The van der Waals surface area contributed by atoms with Crippen molar-refractivity contribution in [2.24, 2.45) is 0 Å². The van der Waals surface area contributed by atoms with Gasteiger partial charge in [0.25, 0.3) is 5.91 Å². The third kappa shape index (κ3) is 7.48. The molecule has 13 heteroatoms. The van der Waals surface area contributed by atoms with Gasteiger partial charge in [0.1, 0.15) is 12.1 Å². The Labute approximate surface area is 245 Å². The average Bonchev–Trinajstić information content (AvgIpc) is 2.91. The van der Waals surface area contributed by atoms with Crippen molar-refractivity contribution < 1.29 is 32.3 Å². The molecule has 224 valence electrons. The number of piperazine rings is 1. The number of hydrazine groups is 1. The van der Waals surface area contributed by atoms with Crippen molar-refractivity contribution in [3.05, 3.63) is 41.4 Å². The standard InChI is InChI=1S/C28H37ClN4O7S/c1-5-39-26(35)19-33(23-10-12-30(13-11-23)27(36)40-28(2,3)4)32-15-14-31(18-25(32)34)41(37,38)24-9-7-20-16-22(29)8-6-21(20)17-24/h6-9,16-17,23H,5,10-15,18-19H2,1-4H3. The number of ether oxygens (including phenoxy) is 2. The lowest BCUT2D eigenvalue weighted by atomic mass is 10.0. The maximum atomic E-state index is 13.5. The zero-order valence-corrected chi connectivity index (χ0v) is 25.4. The van der Waals surface area contributed by atoms with Crippen molar-refractivity contribution in [2.75, 3.05) is 45.9 Å². The third-order valence-electron chi connectivity index (χ3n) is 7.02. The van der Waals surface area contributed by atoms with E-state index >= 15 is 0 Å². The number of amides is 2. The quantitative estimate of drug-likeness (QED) is 0.439. The topological polar surface area (TPSA) is 117 Å². The zero-order chi connectivity index (χ0) is 29.9. The van der Waals surface area contributed by atoms with Gasteiger partial charge in [-0.3, -0.25) is 14.6 Å². The highest BCUT2D eigenvalue weighted by molar-refractivity contribution is 7.89. The van der Waals surface area contributed by atoms with Gasteiger partial charge < -0.3 is 14.4 Å². The number of hydrogen-bond donors (Lipinski definition) is 0. The number of carbonyl (C=O) groups excluding carboxylic acids is 3. The minimum Gasteiger partial charge on any atom is -0.465 e. The second-order valence-corrected chi connectivity index (χ2v) is 13.5. The van der Waals surface area contributed by atoms with Gasteiger partial charge in [-0.1, -0.05) is 23.7 Å². The minimum atomic E-state index is -3.95. The minimum absolute atomic E-state index is 0.0583. The van der Waals surface area contributed by atoms with Gasteiger partial charge >= 0.3 is 12.1 Å². The largest absolute Gasteiger partial charge is 0.465 e. The first-order valence-electron chi connectivity index (χ1n) is 13.7. The SMILES string of the molecule is CCOC(=O)CN(C1CCN(C(=O)OC(C)(C)C)CC1)N1CCN(S(=O)(=O)c2ccc3cc(Cl)ccc3c2)CC1=O. The van der Waals surface area contributed by atoms with Gasteiger partial charge in [-0.25, -0.2) is 18.2 Å². The first kappa shape index (κ1) is 31.0. The number of sulfonamides is 1. The van der Waals surface area contributed by atoms with E-state index < -0.39 is 33.6 Å². The van der Waals surface area contributed by atoms with Crippen LogP contribution in [0, 0.1) is 0 Å². The summed E-state index contributed by atoms with van der Waals surface area (Å²) < 4.78 is 38.8. The Bertz CT molecular complexity index is 1400. The van der Waals surface area contributed by atoms with E-state index in [1.165, 1.54) is 11.1 Å². The van der Waals surface area contributed by atoms with Gasteiger partial charge in [0.2, 0.25) is 10.0 Å². The van der Waals surface area contributed by atoms with E-state index in [1.54, 1.807) is 67.9 Å². The fraction of sp³-hybridized carbons (Fsp3) is 0.536. The number of piperidine rings is 1. The highest BCUT2D eigenvalue weighted by Crippen LogP contribution is 2.27. The molecule has 0 atom stereocenters. The van der Waals surface area contributed by atoms with E-state index in [0.717, 1.165) is 15.1 Å². The summed E-state index contributed by atoms with van der Waals surface area (Å²) in [6, 6.07) is 9.75. The fourth-order valence-corrected chi connectivity index (χ4v) is 6.64. The van der Waals surface area contributed by atoms with Crippen LogP contribution >= 0.6 is 11.6 Å². The van der Waals surface area contributed by atoms with Crippen LogP contribution in [0.15, 0.2) is 41.3 Å². The maximum Gasteiger partial charge on any atom is 0.410 e. The molecule has 0 radical (unpaired) electrons. The number of likely N-dealkylation sites (tertiary alicyclic amines) is 1. The number of hydrogen-bond acceptors (Lipinski definition) is 8. The number of benzene rings is 2. The van der Waals surface area contributed by atoms with Crippen molar-refractivity contribution in [1.29, 1.82) is 0 Å². The molecule has 0 N–H and O–H groups in total. The lowest BCUT2D eigenvalue weighted by Crippen LogP contribution is -2.62. The van der Waals surface area contributed by atoms with Crippen LogP contribution in [0.1, 0.15) is 40.5 Å². The van der Waals surface area contributed by atoms with Gasteiger partial charge in [0, 0.05) is 30.7 Å². The van der Waals surface area contributed by atoms with Crippen LogP contribution < -0.4 is 0 Å². The first-order chi connectivity index (χ1) is 19.3. The Morgan fingerprint density at radius 2 is 1.68 bits per heavy atom. The van der Waals surface area contributed by atoms with Crippen LogP contribution in [0.2, 0.25) is 5.02 Å². The smallest absolute Gasteiger partial charge is 0.410 e. The summed E-state index contributed by atoms with van der Waals surface area (Å²) in [5.41, 5.74) is -0.614. The van der Waals surface area contributed by atoms with Crippen molar-refractivity contribution in [3.8, 4) is 0 Å². The molecule has 2 heterocycles. The first-order valence-corrected chi connectivity index (χ1v) is 15.5.